The highest BCUT2D eigenvalue weighted by Crippen LogP contribution is 2.02. The Balaban J connectivity index is 4.72. The maximum absolute atomic E-state index is 11.3. The first-order valence-corrected chi connectivity index (χ1v) is 5.13. The molecule has 0 aliphatic heterocycles. The largest absolute Gasteiger partial charge is 0.465 e. The van der Waals surface area contributed by atoms with Gasteiger partial charge in [0.25, 0.3) is 0 Å². The van der Waals surface area contributed by atoms with Crippen molar-refractivity contribution in [1.82, 2.24) is 5.32 Å². The molecule has 0 aliphatic rings. The molecule has 0 radical (unpaired) electrons. The summed E-state index contributed by atoms with van der Waals surface area (Å²) in [6.07, 6.45) is 4.54. The Morgan fingerprint density at radius 3 is 1.88 bits per heavy atom. The predicted molar refractivity (Wildman–Crippen MR) is 64.1 cm³/mol. The molecule has 0 saturated carbocycles. The first-order chi connectivity index (χ1) is 7.81. The second-order valence-electron chi connectivity index (χ2n) is 4.32. The van der Waals surface area contributed by atoms with Crippen LogP contribution in [0.1, 0.15) is 20.8 Å². The van der Waals surface area contributed by atoms with Crippen molar-refractivity contribution in [1.29, 1.82) is 0 Å². The van der Waals surface area contributed by atoms with Gasteiger partial charge in [-0.15, -0.1) is 0 Å². The Bertz CT molecular complexity index is 319. The zero-order chi connectivity index (χ0) is 13.5. The highest BCUT2D eigenvalue weighted by Gasteiger charge is 2.18. The van der Waals surface area contributed by atoms with E-state index >= 15 is 0 Å². The van der Waals surface area contributed by atoms with E-state index in [-0.39, 0.29) is 11.1 Å². The number of esters is 2. The number of ether oxygens (including phenoxy) is 2. The van der Waals surface area contributed by atoms with E-state index in [1.54, 1.807) is 12.3 Å². The molecule has 17 heavy (non-hydrogen) atoms. The monoisotopic (exact) mass is 241 g/mol. The van der Waals surface area contributed by atoms with E-state index in [2.05, 4.69) is 14.8 Å². The number of hydrogen-bond donors (Lipinski definition) is 1. The van der Waals surface area contributed by atoms with Crippen molar-refractivity contribution in [2.24, 2.45) is 0 Å². The lowest BCUT2D eigenvalue weighted by atomic mass is 10.1. The Morgan fingerprint density at radius 1 is 1.06 bits per heavy atom. The normalized spacial score (nSPS) is 10.9. The van der Waals surface area contributed by atoms with E-state index < -0.39 is 11.9 Å². The highest BCUT2D eigenvalue weighted by molar-refractivity contribution is 6.14. The Morgan fingerprint density at radius 2 is 1.53 bits per heavy atom. The molecule has 0 amide bonds. The van der Waals surface area contributed by atoms with Crippen molar-refractivity contribution in [3.63, 3.8) is 0 Å². The van der Waals surface area contributed by atoms with Gasteiger partial charge in [0.05, 0.1) is 14.2 Å². The molecule has 0 aromatic heterocycles. The number of allylic oxidation sites excluding steroid dienone is 2. The van der Waals surface area contributed by atoms with Crippen molar-refractivity contribution in [3.05, 3.63) is 23.9 Å². The van der Waals surface area contributed by atoms with E-state index in [0.717, 1.165) is 0 Å². The van der Waals surface area contributed by atoms with Gasteiger partial charge in [0.1, 0.15) is 5.57 Å². The van der Waals surface area contributed by atoms with Gasteiger partial charge in [0, 0.05) is 5.54 Å². The third kappa shape index (κ3) is 6.40. The molecular weight excluding hydrogens is 222 g/mol. The van der Waals surface area contributed by atoms with E-state index in [4.69, 9.17) is 0 Å². The van der Waals surface area contributed by atoms with Crippen LogP contribution in [0.5, 0.6) is 0 Å². The number of rotatable bonds is 4. The summed E-state index contributed by atoms with van der Waals surface area (Å²) in [5.74, 6) is -1.45. The van der Waals surface area contributed by atoms with Crippen molar-refractivity contribution in [2.75, 3.05) is 14.2 Å². The van der Waals surface area contributed by atoms with Crippen LogP contribution < -0.4 is 5.32 Å². The summed E-state index contributed by atoms with van der Waals surface area (Å²) >= 11 is 0. The van der Waals surface area contributed by atoms with Gasteiger partial charge < -0.3 is 14.8 Å². The smallest absolute Gasteiger partial charge is 0.345 e. The standard InChI is InChI=1S/C12H19NO4/c1-12(2,3)13-8-6-7-9(10(14)16-4)11(15)17-5/h6-8,13H,1-5H3/b8-6+. The molecule has 0 saturated heterocycles. The van der Waals surface area contributed by atoms with Gasteiger partial charge in [-0.05, 0) is 39.1 Å². The van der Waals surface area contributed by atoms with Crippen molar-refractivity contribution >= 4 is 11.9 Å². The van der Waals surface area contributed by atoms with E-state index in [9.17, 15) is 9.59 Å². The fourth-order valence-electron chi connectivity index (χ4n) is 0.882. The summed E-state index contributed by atoms with van der Waals surface area (Å²) in [5, 5.41) is 3.06. The average Bonchev–Trinajstić information content (AvgIpc) is 2.26. The molecule has 0 rings (SSSR count). The Labute approximate surface area is 101 Å². The minimum Gasteiger partial charge on any atom is -0.465 e. The molecule has 0 fully saturated rings. The Kier molecular flexibility index (Phi) is 6.02. The molecule has 0 unspecified atom stereocenters. The van der Waals surface area contributed by atoms with Crippen LogP contribution in [0.2, 0.25) is 0 Å². The lowest BCUT2D eigenvalue weighted by Gasteiger charge is -2.18. The lowest BCUT2D eigenvalue weighted by molar-refractivity contribution is -0.144. The molecule has 0 heterocycles. The summed E-state index contributed by atoms with van der Waals surface area (Å²) < 4.78 is 8.94. The fraction of sp³-hybridized carbons (Fsp3) is 0.500. The van der Waals surface area contributed by atoms with Gasteiger partial charge in [0.15, 0.2) is 0 Å². The van der Waals surface area contributed by atoms with Crippen LogP contribution in [0.15, 0.2) is 23.9 Å². The van der Waals surface area contributed by atoms with Gasteiger partial charge in [-0.1, -0.05) is 0 Å². The summed E-state index contributed by atoms with van der Waals surface area (Å²) in [6.45, 7) is 5.97. The van der Waals surface area contributed by atoms with Crippen molar-refractivity contribution < 1.29 is 19.1 Å². The number of hydrogen-bond acceptors (Lipinski definition) is 5. The zero-order valence-corrected chi connectivity index (χ0v) is 10.9. The van der Waals surface area contributed by atoms with Crippen LogP contribution in [0.4, 0.5) is 0 Å². The maximum Gasteiger partial charge on any atom is 0.345 e. The molecule has 96 valence electrons. The average molecular weight is 241 g/mol. The van der Waals surface area contributed by atoms with Gasteiger partial charge >= 0.3 is 11.9 Å². The maximum atomic E-state index is 11.3. The number of nitrogens with one attached hydrogen (secondary N) is 1. The van der Waals surface area contributed by atoms with Gasteiger partial charge in [0.2, 0.25) is 0 Å². The molecule has 0 spiro atoms. The minimum atomic E-state index is -0.725. The second-order valence-corrected chi connectivity index (χ2v) is 4.32. The molecular formula is C12H19NO4. The zero-order valence-electron chi connectivity index (χ0n) is 10.9. The molecule has 0 atom stereocenters. The third-order valence-corrected chi connectivity index (χ3v) is 1.69. The first kappa shape index (κ1) is 15.2. The van der Waals surface area contributed by atoms with Gasteiger partial charge in [-0.3, -0.25) is 0 Å². The van der Waals surface area contributed by atoms with E-state index in [0.29, 0.717) is 0 Å². The highest BCUT2D eigenvalue weighted by atomic mass is 16.5. The van der Waals surface area contributed by atoms with Crippen molar-refractivity contribution in [2.45, 2.75) is 26.3 Å². The first-order valence-electron chi connectivity index (χ1n) is 5.13. The van der Waals surface area contributed by atoms with Crippen LogP contribution in [0.25, 0.3) is 0 Å². The molecule has 0 aromatic rings. The SMILES string of the molecule is COC(=O)C(=C/C=C/NC(C)(C)C)C(=O)OC. The summed E-state index contributed by atoms with van der Waals surface area (Å²) in [6, 6.07) is 0. The van der Waals surface area contributed by atoms with Gasteiger partial charge in [-0.25, -0.2) is 9.59 Å². The van der Waals surface area contributed by atoms with E-state index in [1.165, 1.54) is 20.3 Å². The third-order valence-electron chi connectivity index (χ3n) is 1.69. The quantitative estimate of drug-likeness (QED) is 0.263. The molecule has 1 N–H and O–H groups in total. The predicted octanol–water partition coefficient (Wildman–Crippen LogP) is 1.16. The van der Waals surface area contributed by atoms with Crippen LogP contribution in [-0.4, -0.2) is 31.7 Å². The van der Waals surface area contributed by atoms with Crippen LogP contribution in [-0.2, 0) is 19.1 Å². The molecule has 5 heteroatoms. The van der Waals surface area contributed by atoms with Crippen LogP contribution >= 0.6 is 0 Å². The van der Waals surface area contributed by atoms with E-state index in [1.807, 2.05) is 20.8 Å². The number of methoxy groups -OCH3 is 2. The molecule has 0 aromatic carbocycles. The number of carbonyl (C=O) groups excluding carboxylic acids is 2. The minimum absolute atomic E-state index is 0.0823. The molecule has 0 bridgehead atoms. The topological polar surface area (TPSA) is 64.6 Å². The van der Waals surface area contributed by atoms with Crippen molar-refractivity contribution in [3.8, 4) is 0 Å². The fourth-order valence-corrected chi connectivity index (χ4v) is 0.882. The molecule has 5 nitrogen and oxygen atoms in total. The lowest BCUT2D eigenvalue weighted by Crippen LogP contribution is -2.30. The van der Waals surface area contributed by atoms with Crippen LogP contribution in [0, 0.1) is 0 Å². The molecule has 0 aliphatic carbocycles. The Hall–Kier alpha value is -1.78. The number of carbonyl (C=O) groups is 2. The summed E-state index contributed by atoms with van der Waals surface area (Å²) in [7, 11) is 2.41. The van der Waals surface area contributed by atoms with Crippen LogP contribution in [0.3, 0.4) is 0 Å². The summed E-state index contributed by atoms with van der Waals surface area (Å²) in [4.78, 5) is 22.5. The second kappa shape index (κ2) is 6.73. The van der Waals surface area contributed by atoms with Gasteiger partial charge in [-0.2, -0.15) is 0 Å². The summed E-state index contributed by atoms with van der Waals surface area (Å²) in [5.41, 5.74) is -0.233.